The summed E-state index contributed by atoms with van der Waals surface area (Å²) in [6.07, 6.45) is -0.0908. The number of anilines is 1. The van der Waals surface area contributed by atoms with E-state index < -0.39 is 5.97 Å². The maximum atomic E-state index is 10.3. The van der Waals surface area contributed by atoms with E-state index in [1.54, 1.807) is 0 Å². The zero-order chi connectivity index (χ0) is 9.14. The fourth-order valence-corrected chi connectivity index (χ4v) is 1.09. The third kappa shape index (κ3) is 2.39. The monoisotopic (exact) mass is 186 g/mol. The van der Waals surface area contributed by atoms with Crippen LogP contribution in [0.25, 0.3) is 0 Å². The Balaban J connectivity index is 2.93. The first-order valence-corrected chi connectivity index (χ1v) is 3.59. The lowest BCUT2D eigenvalue weighted by Crippen LogP contribution is -2.01. The van der Waals surface area contributed by atoms with Crippen molar-refractivity contribution >= 4 is 23.4 Å². The minimum Gasteiger partial charge on any atom is -0.481 e. The second-order valence-corrected chi connectivity index (χ2v) is 2.68. The van der Waals surface area contributed by atoms with E-state index in [9.17, 15) is 4.79 Å². The van der Waals surface area contributed by atoms with Gasteiger partial charge in [0, 0.05) is 0 Å². The third-order valence-corrected chi connectivity index (χ3v) is 1.42. The standard InChI is InChI=1S/C7H7ClN2O2/c8-5-1-4(3-7(11)12)2-6(9)10-5/h1-2H,3H2,(H2,9,10)(H,11,12). The number of nitrogens with zero attached hydrogens (tertiary/aromatic N) is 1. The smallest absolute Gasteiger partial charge is 0.307 e. The van der Waals surface area contributed by atoms with Crippen LogP contribution in [0.5, 0.6) is 0 Å². The van der Waals surface area contributed by atoms with Gasteiger partial charge < -0.3 is 10.8 Å². The summed E-state index contributed by atoms with van der Waals surface area (Å²) in [7, 11) is 0. The van der Waals surface area contributed by atoms with Crippen LogP contribution in [0.3, 0.4) is 0 Å². The fraction of sp³-hybridized carbons (Fsp3) is 0.143. The quantitative estimate of drug-likeness (QED) is 0.674. The normalized spacial score (nSPS) is 9.75. The molecule has 64 valence electrons. The molecule has 0 atom stereocenters. The lowest BCUT2D eigenvalue weighted by atomic mass is 10.2. The second-order valence-electron chi connectivity index (χ2n) is 2.29. The lowest BCUT2D eigenvalue weighted by Gasteiger charge is -1.98. The minimum absolute atomic E-state index is 0.0908. The summed E-state index contributed by atoms with van der Waals surface area (Å²) in [5.74, 6) is -0.685. The van der Waals surface area contributed by atoms with Crippen molar-refractivity contribution in [2.24, 2.45) is 0 Å². The summed E-state index contributed by atoms with van der Waals surface area (Å²) >= 11 is 5.55. The summed E-state index contributed by atoms with van der Waals surface area (Å²) in [6.45, 7) is 0. The summed E-state index contributed by atoms with van der Waals surface area (Å²) in [5, 5.41) is 8.66. The molecule has 0 amide bonds. The molecule has 12 heavy (non-hydrogen) atoms. The number of aliphatic carboxylic acids is 1. The highest BCUT2D eigenvalue weighted by Crippen LogP contribution is 2.12. The molecule has 3 N–H and O–H groups in total. The van der Waals surface area contributed by atoms with Crippen molar-refractivity contribution in [1.82, 2.24) is 4.98 Å². The third-order valence-electron chi connectivity index (χ3n) is 1.23. The summed E-state index contributed by atoms with van der Waals surface area (Å²) in [5.41, 5.74) is 5.90. The van der Waals surface area contributed by atoms with Crippen molar-refractivity contribution < 1.29 is 9.90 Å². The van der Waals surface area contributed by atoms with E-state index in [0.717, 1.165) is 0 Å². The highest BCUT2D eigenvalue weighted by molar-refractivity contribution is 6.29. The van der Waals surface area contributed by atoms with Gasteiger partial charge in [0.05, 0.1) is 6.42 Å². The average molecular weight is 187 g/mol. The van der Waals surface area contributed by atoms with Gasteiger partial charge >= 0.3 is 5.97 Å². The number of pyridine rings is 1. The number of carboxylic acid groups (broad SMARTS) is 1. The van der Waals surface area contributed by atoms with Gasteiger partial charge in [-0.25, -0.2) is 4.98 Å². The highest BCUT2D eigenvalue weighted by Gasteiger charge is 2.02. The Kier molecular flexibility index (Phi) is 2.50. The molecule has 0 aliphatic carbocycles. The van der Waals surface area contributed by atoms with E-state index in [1.165, 1.54) is 12.1 Å². The number of nitrogen functional groups attached to an aromatic ring is 1. The van der Waals surface area contributed by atoms with Gasteiger partial charge in [0.15, 0.2) is 0 Å². The van der Waals surface area contributed by atoms with Crippen LogP contribution in [0.4, 0.5) is 5.82 Å². The molecule has 0 saturated carbocycles. The first-order chi connectivity index (χ1) is 5.58. The second kappa shape index (κ2) is 3.40. The zero-order valence-corrected chi connectivity index (χ0v) is 6.88. The van der Waals surface area contributed by atoms with Gasteiger partial charge in [-0.05, 0) is 17.7 Å². The van der Waals surface area contributed by atoms with Gasteiger partial charge in [-0.1, -0.05) is 11.6 Å². The predicted octanol–water partition coefficient (Wildman–Crippen LogP) is 0.944. The van der Waals surface area contributed by atoms with E-state index in [0.29, 0.717) is 5.56 Å². The molecule has 1 heterocycles. The van der Waals surface area contributed by atoms with Gasteiger partial charge in [-0.2, -0.15) is 0 Å². The van der Waals surface area contributed by atoms with Gasteiger partial charge in [-0.15, -0.1) is 0 Å². The molecular weight excluding hydrogens is 180 g/mol. The van der Waals surface area contributed by atoms with Crippen LogP contribution in [0, 0.1) is 0 Å². The van der Waals surface area contributed by atoms with Crippen molar-refractivity contribution in [1.29, 1.82) is 0 Å². The Morgan fingerprint density at radius 1 is 1.67 bits per heavy atom. The largest absolute Gasteiger partial charge is 0.481 e. The van der Waals surface area contributed by atoms with E-state index in [4.69, 9.17) is 22.4 Å². The summed E-state index contributed by atoms with van der Waals surface area (Å²) in [4.78, 5) is 14.0. The van der Waals surface area contributed by atoms with Crippen LogP contribution in [0.15, 0.2) is 12.1 Å². The Labute approximate surface area is 74.0 Å². The number of halogens is 1. The molecule has 0 fully saturated rings. The van der Waals surface area contributed by atoms with E-state index in [-0.39, 0.29) is 17.4 Å². The van der Waals surface area contributed by atoms with Crippen LogP contribution >= 0.6 is 11.6 Å². The fourth-order valence-electron chi connectivity index (χ4n) is 0.849. The maximum absolute atomic E-state index is 10.3. The van der Waals surface area contributed by atoms with Crippen molar-refractivity contribution in [3.8, 4) is 0 Å². The van der Waals surface area contributed by atoms with Crippen LogP contribution in [0.2, 0.25) is 5.15 Å². The first kappa shape index (κ1) is 8.80. The van der Waals surface area contributed by atoms with E-state index in [1.807, 2.05) is 0 Å². The molecule has 0 aliphatic rings. The first-order valence-electron chi connectivity index (χ1n) is 3.21. The molecule has 0 unspecified atom stereocenters. The number of hydrogen-bond donors (Lipinski definition) is 2. The van der Waals surface area contributed by atoms with Gasteiger partial charge in [-0.3, -0.25) is 4.79 Å². The lowest BCUT2D eigenvalue weighted by molar-refractivity contribution is -0.136. The van der Waals surface area contributed by atoms with Crippen LogP contribution in [-0.4, -0.2) is 16.1 Å². The van der Waals surface area contributed by atoms with Crippen LogP contribution in [-0.2, 0) is 11.2 Å². The molecule has 0 saturated heterocycles. The Morgan fingerprint density at radius 2 is 2.33 bits per heavy atom. The molecule has 0 aliphatic heterocycles. The topological polar surface area (TPSA) is 76.2 Å². The Morgan fingerprint density at radius 3 is 2.83 bits per heavy atom. The molecule has 0 spiro atoms. The number of rotatable bonds is 2. The maximum Gasteiger partial charge on any atom is 0.307 e. The van der Waals surface area contributed by atoms with Crippen molar-refractivity contribution in [3.63, 3.8) is 0 Å². The van der Waals surface area contributed by atoms with E-state index >= 15 is 0 Å². The molecule has 4 nitrogen and oxygen atoms in total. The molecule has 1 rings (SSSR count). The Bertz CT molecular complexity index is 294. The van der Waals surface area contributed by atoms with Crippen molar-refractivity contribution in [3.05, 3.63) is 22.8 Å². The average Bonchev–Trinajstić information content (AvgIpc) is 1.81. The number of hydrogen-bond acceptors (Lipinski definition) is 3. The molecule has 0 bridgehead atoms. The van der Waals surface area contributed by atoms with E-state index in [2.05, 4.69) is 4.98 Å². The number of aromatic nitrogens is 1. The van der Waals surface area contributed by atoms with Crippen LogP contribution < -0.4 is 5.73 Å². The zero-order valence-electron chi connectivity index (χ0n) is 6.12. The predicted molar refractivity (Wildman–Crippen MR) is 45.0 cm³/mol. The highest BCUT2D eigenvalue weighted by atomic mass is 35.5. The van der Waals surface area contributed by atoms with Gasteiger partial charge in [0.1, 0.15) is 11.0 Å². The van der Waals surface area contributed by atoms with Crippen molar-refractivity contribution in [2.75, 3.05) is 5.73 Å². The molecule has 5 heteroatoms. The number of carbonyl (C=O) groups is 1. The Hall–Kier alpha value is -1.29. The van der Waals surface area contributed by atoms with Gasteiger partial charge in [0.2, 0.25) is 0 Å². The molecule has 1 aromatic heterocycles. The van der Waals surface area contributed by atoms with Crippen molar-refractivity contribution in [2.45, 2.75) is 6.42 Å². The number of nitrogens with two attached hydrogens (primary N) is 1. The molecular formula is C7H7ClN2O2. The summed E-state index contributed by atoms with van der Waals surface area (Å²) in [6, 6.07) is 2.96. The SMILES string of the molecule is Nc1cc(CC(=O)O)cc(Cl)n1. The number of carboxylic acids is 1. The van der Waals surface area contributed by atoms with Crippen LogP contribution in [0.1, 0.15) is 5.56 Å². The molecule has 0 radical (unpaired) electrons. The molecule has 1 aromatic rings. The molecule has 0 aromatic carbocycles. The minimum atomic E-state index is -0.920. The summed E-state index contributed by atoms with van der Waals surface area (Å²) < 4.78 is 0. The van der Waals surface area contributed by atoms with Gasteiger partial charge in [0.25, 0.3) is 0 Å².